The highest BCUT2D eigenvalue weighted by molar-refractivity contribution is 5.85. The number of benzene rings is 1. The highest BCUT2D eigenvalue weighted by Gasteiger charge is 2.26. The van der Waals surface area contributed by atoms with Gasteiger partial charge in [0, 0.05) is 25.6 Å². The van der Waals surface area contributed by atoms with Crippen molar-refractivity contribution in [2.75, 3.05) is 19.6 Å². The normalized spacial score (nSPS) is 17.4. The highest BCUT2D eigenvalue weighted by Crippen LogP contribution is 2.30. The molecule has 1 aliphatic rings. The Morgan fingerprint density at radius 1 is 1.35 bits per heavy atom. The van der Waals surface area contributed by atoms with Gasteiger partial charge in [-0.3, -0.25) is 4.79 Å². The average molecular weight is 297 g/mol. The van der Waals surface area contributed by atoms with Crippen LogP contribution in [0.2, 0.25) is 0 Å². The fourth-order valence-electron chi connectivity index (χ4n) is 2.87. The maximum atomic E-state index is 12.1. The van der Waals surface area contributed by atoms with Crippen LogP contribution in [-0.4, -0.2) is 30.4 Å². The predicted molar refractivity (Wildman–Crippen MR) is 85.2 cm³/mol. The van der Waals surface area contributed by atoms with E-state index in [1.165, 1.54) is 11.1 Å². The first kappa shape index (κ1) is 17.0. The van der Waals surface area contributed by atoms with Crippen molar-refractivity contribution < 1.29 is 4.79 Å². The second-order valence-electron chi connectivity index (χ2n) is 5.59. The fraction of sp³-hybridized carbons (Fsp3) is 0.562. The van der Waals surface area contributed by atoms with E-state index in [0.29, 0.717) is 12.5 Å². The first-order valence-electron chi connectivity index (χ1n) is 7.18. The Balaban J connectivity index is 0.00000200. The summed E-state index contributed by atoms with van der Waals surface area (Å²) in [5.74, 6) is 0.763. The minimum Gasteiger partial charge on any atom is -0.342 e. The summed E-state index contributed by atoms with van der Waals surface area (Å²) in [5.41, 5.74) is 8.38. The fourth-order valence-corrected chi connectivity index (χ4v) is 2.87. The van der Waals surface area contributed by atoms with Crippen molar-refractivity contribution >= 4 is 18.3 Å². The van der Waals surface area contributed by atoms with Crippen molar-refractivity contribution in [1.29, 1.82) is 0 Å². The number of hydrogen-bond acceptors (Lipinski definition) is 2. The molecule has 1 aromatic carbocycles. The quantitative estimate of drug-likeness (QED) is 0.932. The molecule has 1 fully saturated rings. The number of amides is 1. The van der Waals surface area contributed by atoms with E-state index >= 15 is 0 Å². The molecule has 2 N–H and O–H groups in total. The van der Waals surface area contributed by atoms with Crippen LogP contribution in [0.4, 0.5) is 0 Å². The third kappa shape index (κ3) is 3.74. The standard InChI is InChI=1S/C16H24N2O.ClH/c1-12-5-3-4-6-15(12)14-7-9-18(10-8-14)16(19)13(2)11-17;/h3-6,13-14H,7-11,17H2,1-2H3;1H. The summed E-state index contributed by atoms with van der Waals surface area (Å²) in [6.45, 7) is 6.25. The molecule has 3 nitrogen and oxygen atoms in total. The lowest BCUT2D eigenvalue weighted by molar-refractivity contribution is -0.135. The van der Waals surface area contributed by atoms with Gasteiger partial charge < -0.3 is 10.6 Å². The van der Waals surface area contributed by atoms with Gasteiger partial charge in [-0.15, -0.1) is 12.4 Å². The first-order chi connectivity index (χ1) is 9.13. The average Bonchev–Trinajstić information content (AvgIpc) is 2.46. The van der Waals surface area contributed by atoms with E-state index in [1.807, 2.05) is 11.8 Å². The molecule has 1 amide bonds. The molecule has 20 heavy (non-hydrogen) atoms. The van der Waals surface area contributed by atoms with Crippen molar-refractivity contribution in [2.45, 2.75) is 32.6 Å². The summed E-state index contributed by atoms with van der Waals surface area (Å²) in [6, 6.07) is 8.58. The molecule has 4 heteroatoms. The molecule has 0 radical (unpaired) electrons. The van der Waals surface area contributed by atoms with Crippen molar-refractivity contribution in [1.82, 2.24) is 4.90 Å². The molecular weight excluding hydrogens is 272 g/mol. The Morgan fingerprint density at radius 2 is 1.95 bits per heavy atom. The van der Waals surface area contributed by atoms with E-state index in [4.69, 9.17) is 5.73 Å². The Morgan fingerprint density at radius 3 is 2.50 bits per heavy atom. The Bertz CT molecular complexity index is 442. The molecule has 1 atom stereocenters. The molecule has 0 aromatic heterocycles. The first-order valence-corrected chi connectivity index (χ1v) is 7.18. The molecule has 1 saturated heterocycles. The lowest BCUT2D eigenvalue weighted by atomic mass is 9.86. The molecular formula is C16H25ClN2O. The van der Waals surface area contributed by atoms with Gasteiger partial charge in [-0.2, -0.15) is 0 Å². The van der Waals surface area contributed by atoms with Crippen LogP contribution in [0.3, 0.4) is 0 Å². The number of hydrogen-bond donors (Lipinski definition) is 1. The lowest BCUT2D eigenvalue weighted by Gasteiger charge is -2.34. The van der Waals surface area contributed by atoms with Crippen LogP contribution in [-0.2, 0) is 4.79 Å². The van der Waals surface area contributed by atoms with Crippen molar-refractivity contribution in [3.8, 4) is 0 Å². The van der Waals surface area contributed by atoms with Crippen LogP contribution in [0.5, 0.6) is 0 Å². The molecule has 1 aromatic rings. The second kappa shape index (κ2) is 7.65. The topological polar surface area (TPSA) is 46.3 Å². The number of nitrogens with two attached hydrogens (primary N) is 1. The van der Waals surface area contributed by atoms with E-state index in [0.717, 1.165) is 25.9 Å². The second-order valence-corrected chi connectivity index (χ2v) is 5.59. The van der Waals surface area contributed by atoms with Gasteiger partial charge in [0.1, 0.15) is 0 Å². The van der Waals surface area contributed by atoms with E-state index in [-0.39, 0.29) is 24.2 Å². The van der Waals surface area contributed by atoms with Gasteiger partial charge in [0.05, 0.1) is 0 Å². The molecule has 0 saturated carbocycles. The van der Waals surface area contributed by atoms with E-state index < -0.39 is 0 Å². The molecule has 0 aliphatic carbocycles. The highest BCUT2D eigenvalue weighted by atomic mass is 35.5. The number of rotatable bonds is 3. The van der Waals surface area contributed by atoms with Crippen molar-refractivity contribution in [3.05, 3.63) is 35.4 Å². The predicted octanol–water partition coefficient (Wildman–Crippen LogP) is 2.72. The van der Waals surface area contributed by atoms with Gasteiger partial charge in [0.2, 0.25) is 5.91 Å². The van der Waals surface area contributed by atoms with Crippen LogP contribution in [0, 0.1) is 12.8 Å². The Labute approximate surface area is 127 Å². The lowest BCUT2D eigenvalue weighted by Crippen LogP contribution is -2.42. The summed E-state index contributed by atoms with van der Waals surface area (Å²) >= 11 is 0. The van der Waals surface area contributed by atoms with Gasteiger partial charge in [-0.05, 0) is 36.8 Å². The third-order valence-corrected chi connectivity index (χ3v) is 4.21. The van der Waals surface area contributed by atoms with Crippen molar-refractivity contribution in [3.63, 3.8) is 0 Å². The molecule has 1 unspecified atom stereocenters. The number of carbonyl (C=O) groups is 1. The number of nitrogens with zero attached hydrogens (tertiary/aromatic N) is 1. The summed E-state index contributed by atoms with van der Waals surface area (Å²) in [5, 5.41) is 0. The SMILES string of the molecule is Cc1ccccc1C1CCN(C(=O)C(C)CN)CC1.Cl. The van der Waals surface area contributed by atoms with E-state index in [2.05, 4.69) is 31.2 Å². The zero-order valence-corrected chi connectivity index (χ0v) is 13.2. The summed E-state index contributed by atoms with van der Waals surface area (Å²) < 4.78 is 0. The third-order valence-electron chi connectivity index (χ3n) is 4.21. The van der Waals surface area contributed by atoms with Crippen LogP contribution < -0.4 is 5.73 Å². The Kier molecular flexibility index (Phi) is 6.50. The van der Waals surface area contributed by atoms with Gasteiger partial charge in [0.15, 0.2) is 0 Å². The maximum absolute atomic E-state index is 12.1. The van der Waals surface area contributed by atoms with Gasteiger partial charge in [-0.25, -0.2) is 0 Å². The number of carbonyl (C=O) groups excluding carboxylic acids is 1. The maximum Gasteiger partial charge on any atom is 0.226 e. The summed E-state index contributed by atoms with van der Waals surface area (Å²) in [6.07, 6.45) is 2.13. The smallest absolute Gasteiger partial charge is 0.226 e. The number of piperidine rings is 1. The molecule has 0 bridgehead atoms. The summed E-state index contributed by atoms with van der Waals surface area (Å²) in [7, 11) is 0. The van der Waals surface area contributed by atoms with Crippen LogP contribution in [0.1, 0.15) is 36.8 Å². The zero-order chi connectivity index (χ0) is 13.8. The Hall–Kier alpha value is -1.06. The summed E-state index contributed by atoms with van der Waals surface area (Å²) in [4.78, 5) is 14.1. The molecule has 1 aliphatic heterocycles. The molecule has 1 heterocycles. The number of likely N-dealkylation sites (tertiary alicyclic amines) is 1. The van der Waals surface area contributed by atoms with Crippen molar-refractivity contribution in [2.24, 2.45) is 11.7 Å². The number of aryl methyl sites for hydroxylation is 1. The van der Waals surface area contributed by atoms with Gasteiger partial charge in [-0.1, -0.05) is 31.2 Å². The van der Waals surface area contributed by atoms with Crippen LogP contribution in [0.15, 0.2) is 24.3 Å². The van der Waals surface area contributed by atoms with Crippen LogP contribution in [0.25, 0.3) is 0 Å². The largest absolute Gasteiger partial charge is 0.342 e. The van der Waals surface area contributed by atoms with Crippen LogP contribution >= 0.6 is 12.4 Å². The van der Waals surface area contributed by atoms with Gasteiger partial charge >= 0.3 is 0 Å². The molecule has 112 valence electrons. The van der Waals surface area contributed by atoms with Gasteiger partial charge in [0.25, 0.3) is 0 Å². The molecule has 2 rings (SSSR count). The number of halogens is 1. The van der Waals surface area contributed by atoms with E-state index in [9.17, 15) is 4.79 Å². The minimum atomic E-state index is -0.0463. The zero-order valence-electron chi connectivity index (χ0n) is 12.3. The minimum absolute atomic E-state index is 0. The van der Waals surface area contributed by atoms with E-state index in [1.54, 1.807) is 0 Å². The monoisotopic (exact) mass is 296 g/mol. The molecule has 0 spiro atoms.